The third-order valence-electron chi connectivity index (χ3n) is 1.67. The molecule has 0 radical (unpaired) electrons. The summed E-state index contributed by atoms with van der Waals surface area (Å²) in [5.74, 6) is 0. The standard InChI is InChI=1S/C10H6Cl2N2S/c11-7-3-1-2-4-8(7)15-10-9(12)13-5-6-14-10/h1-6H. The van der Waals surface area contributed by atoms with Crippen LogP contribution in [0.2, 0.25) is 10.2 Å². The van der Waals surface area contributed by atoms with Crippen LogP contribution in [0.15, 0.2) is 46.6 Å². The summed E-state index contributed by atoms with van der Waals surface area (Å²) in [6.07, 6.45) is 3.16. The summed E-state index contributed by atoms with van der Waals surface area (Å²) in [5.41, 5.74) is 0. The molecule has 15 heavy (non-hydrogen) atoms. The van der Waals surface area contributed by atoms with Crippen molar-refractivity contribution >= 4 is 35.0 Å². The number of aromatic nitrogens is 2. The van der Waals surface area contributed by atoms with Crippen LogP contribution in [0.25, 0.3) is 0 Å². The minimum Gasteiger partial charge on any atom is -0.245 e. The predicted octanol–water partition coefficient (Wildman–Crippen LogP) is 3.93. The lowest BCUT2D eigenvalue weighted by atomic mass is 10.4. The molecule has 0 unspecified atom stereocenters. The van der Waals surface area contributed by atoms with Crippen LogP contribution in [0, 0.1) is 0 Å². The Morgan fingerprint density at radius 3 is 2.47 bits per heavy atom. The zero-order valence-electron chi connectivity index (χ0n) is 7.52. The largest absolute Gasteiger partial charge is 0.245 e. The molecule has 0 aliphatic rings. The van der Waals surface area contributed by atoms with Crippen molar-refractivity contribution in [3.8, 4) is 0 Å². The van der Waals surface area contributed by atoms with Crippen LogP contribution in [0.3, 0.4) is 0 Å². The molecule has 0 atom stereocenters. The Hall–Kier alpha value is -0.770. The van der Waals surface area contributed by atoms with E-state index < -0.39 is 0 Å². The first kappa shape index (κ1) is 10.7. The van der Waals surface area contributed by atoms with Crippen LogP contribution in [-0.4, -0.2) is 9.97 Å². The summed E-state index contributed by atoms with van der Waals surface area (Å²) < 4.78 is 0. The fourth-order valence-corrected chi connectivity index (χ4v) is 2.25. The van der Waals surface area contributed by atoms with E-state index in [1.165, 1.54) is 11.8 Å². The molecule has 0 saturated carbocycles. The zero-order chi connectivity index (χ0) is 10.7. The Kier molecular flexibility index (Phi) is 3.46. The molecule has 0 saturated heterocycles. The monoisotopic (exact) mass is 256 g/mol. The summed E-state index contributed by atoms with van der Waals surface area (Å²) in [6, 6.07) is 7.54. The van der Waals surface area contributed by atoms with Gasteiger partial charge in [-0.25, -0.2) is 9.97 Å². The molecule has 0 N–H and O–H groups in total. The van der Waals surface area contributed by atoms with Crippen LogP contribution in [0.1, 0.15) is 0 Å². The Bertz CT molecular complexity index is 433. The SMILES string of the molecule is Clc1ccccc1Sc1nccnc1Cl. The Labute approximate surface area is 102 Å². The highest BCUT2D eigenvalue weighted by Crippen LogP contribution is 2.34. The third-order valence-corrected chi connectivity index (χ3v) is 3.56. The van der Waals surface area contributed by atoms with E-state index in [4.69, 9.17) is 23.2 Å². The minimum atomic E-state index is 0.391. The number of halogens is 2. The first-order valence-electron chi connectivity index (χ1n) is 4.16. The van der Waals surface area contributed by atoms with Gasteiger partial charge in [-0.1, -0.05) is 47.1 Å². The molecular formula is C10H6Cl2N2S. The van der Waals surface area contributed by atoms with Crippen molar-refractivity contribution in [1.29, 1.82) is 0 Å². The van der Waals surface area contributed by atoms with E-state index in [0.29, 0.717) is 15.2 Å². The van der Waals surface area contributed by atoms with Crippen LogP contribution in [0.5, 0.6) is 0 Å². The van der Waals surface area contributed by atoms with Gasteiger partial charge in [-0.15, -0.1) is 0 Å². The molecule has 0 amide bonds. The van der Waals surface area contributed by atoms with Gasteiger partial charge in [-0.2, -0.15) is 0 Å². The molecule has 2 aromatic rings. The van der Waals surface area contributed by atoms with Crippen LogP contribution >= 0.6 is 35.0 Å². The maximum atomic E-state index is 6.01. The summed E-state index contributed by atoms with van der Waals surface area (Å²) >= 11 is 13.3. The van der Waals surface area contributed by atoms with E-state index >= 15 is 0 Å². The predicted molar refractivity (Wildman–Crippen MR) is 62.6 cm³/mol. The van der Waals surface area contributed by atoms with Crippen molar-refractivity contribution in [1.82, 2.24) is 9.97 Å². The van der Waals surface area contributed by atoms with Crippen LogP contribution in [-0.2, 0) is 0 Å². The lowest BCUT2D eigenvalue weighted by molar-refractivity contribution is 1.06. The zero-order valence-corrected chi connectivity index (χ0v) is 9.85. The molecule has 0 aliphatic carbocycles. The van der Waals surface area contributed by atoms with Gasteiger partial charge in [0, 0.05) is 17.3 Å². The van der Waals surface area contributed by atoms with Gasteiger partial charge in [-0.05, 0) is 12.1 Å². The van der Waals surface area contributed by atoms with Gasteiger partial charge in [-0.3, -0.25) is 0 Å². The molecule has 1 heterocycles. The first-order chi connectivity index (χ1) is 7.27. The molecule has 1 aromatic carbocycles. The fraction of sp³-hybridized carbons (Fsp3) is 0. The van der Waals surface area contributed by atoms with Crippen LogP contribution < -0.4 is 0 Å². The number of benzene rings is 1. The molecule has 0 fully saturated rings. The van der Waals surface area contributed by atoms with Gasteiger partial charge in [0.15, 0.2) is 5.15 Å². The van der Waals surface area contributed by atoms with Crippen molar-refractivity contribution in [2.45, 2.75) is 9.92 Å². The van der Waals surface area contributed by atoms with Gasteiger partial charge in [0.25, 0.3) is 0 Å². The summed E-state index contributed by atoms with van der Waals surface area (Å²) in [5, 5.41) is 1.74. The molecule has 5 heteroatoms. The van der Waals surface area contributed by atoms with Gasteiger partial charge in [0.05, 0.1) is 5.02 Å². The highest BCUT2D eigenvalue weighted by atomic mass is 35.5. The number of rotatable bonds is 2. The first-order valence-corrected chi connectivity index (χ1v) is 5.73. The number of hydrogen-bond donors (Lipinski definition) is 0. The van der Waals surface area contributed by atoms with E-state index in [9.17, 15) is 0 Å². The summed E-state index contributed by atoms with van der Waals surface area (Å²) in [4.78, 5) is 8.99. The fourth-order valence-electron chi connectivity index (χ4n) is 1.01. The second-order valence-corrected chi connectivity index (χ2v) is 4.48. The van der Waals surface area contributed by atoms with Crippen molar-refractivity contribution in [2.24, 2.45) is 0 Å². The number of hydrogen-bond acceptors (Lipinski definition) is 3. The lowest BCUT2D eigenvalue weighted by Crippen LogP contribution is -1.84. The summed E-state index contributed by atoms with van der Waals surface area (Å²) in [6.45, 7) is 0. The van der Waals surface area contributed by atoms with Crippen LogP contribution in [0.4, 0.5) is 0 Å². The molecule has 0 bridgehead atoms. The molecular weight excluding hydrogens is 251 g/mol. The molecule has 1 aromatic heterocycles. The highest BCUT2D eigenvalue weighted by molar-refractivity contribution is 7.99. The van der Waals surface area contributed by atoms with Crippen molar-refractivity contribution in [2.75, 3.05) is 0 Å². The summed E-state index contributed by atoms with van der Waals surface area (Å²) in [7, 11) is 0. The van der Waals surface area contributed by atoms with Gasteiger partial charge >= 0.3 is 0 Å². The van der Waals surface area contributed by atoms with E-state index in [0.717, 1.165) is 4.90 Å². The minimum absolute atomic E-state index is 0.391. The smallest absolute Gasteiger partial charge is 0.161 e. The Morgan fingerprint density at radius 2 is 1.73 bits per heavy atom. The maximum Gasteiger partial charge on any atom is 0.161 e. The lowest BCUT2D eigenvalue weighted by Gasteiger charge is -2.03. The molecule has 0 spiro atoms. The normalized spacial score (nSPS) is 10.3. The van der Waals surface area contributed by atoms with Gasteiger partial charge in [0.2, 0.25) is 0 Å². The number of nitrogens with zero attached hydrogens (tertiary/aromatic N) is 2. The van der Waals surface area contributed by atoms with E-state index in [1.54, 1.807) is 12.4 Å². The maximum absolute atomic E-state index is 6.01. The van der Waals surface area contributed by atoms with Gasteiger partial charge < -0.3 is 0 Å². The van der Waals surface area contributed by atoms with Gasteiger partial charge in [0.1, 0.15) is 5.03 Å². The highest BCUT2D eigenvalue weighted by Gasteiger charge is 2.06. The van der Waals surface area contributed by atoms with Crippen molar-refractivity contribution in [3.63, 3.8) is 0 Å². The molecule has 76 valence electrons. The average molecular weight is 257 g/mol. The topological polar surface area (TPSA) is 25.8 Å². The van der Waals surface area contributed by atoms with Crippen molar-refractivity contribution in [3.05, 3.63) is 46.8 Å². The van der Waals surface area contributed by atoms with Crippen molar-refractivity contribution < 1.29 is 0 Å². The Balaban J connectivity index is 2.30. The average Bonchev–Trinajstić information content (AvgIpc) is 2.24. The van der Waals surface area contributed by atoms with E-state index in [-0.39, 0.29) is 0 Å². The second-order valence-electron chi connectivity index (χ2n) is 2.68. The van der Waals surface area contributed by atoms with E-state index in [2.05, 4.69) is 9.97 Å². The molecule has 2 nitrogen and oxygen atoms in total. The van der Waals surface area contributed by atoms with E-state index in [1.807, 2.05) is 24.3 Å². The third kappa shape index (κ3) is 2.62. The molecule has 0 aliphatic heterocycles. The molecule has 2 rings (SSSR count). The Morgan fingerprint density at radius 1 is 1.00 bits per heavy atom. The second kappa shape index (κ2) is 4.84. The quantitative estimate of drug-likeness (QED) is 0.815.